The summed E-state index contributed by atoms with van der Waals surface area (Å²) in [4.78, 5) is 24.2. The van der Waals surface area contributed by atoms with E-state index >= 15 is 0 Å². The summed E-state index contributed by atoms with van der Waals surface area (Å²) in [6, 6.07) is 6.33. The first kappa shape index (κ1) is 28.2. The number of aromatic carboxylic acids is 1. The highest BCUT2D eigenvalue weighted by Crippen LogP contribution is 2.20. The summed E-state index contributed by atoms with van der Waals surface area (Å²) in [5.41, 5.74) is 0.166. The van der Waals surface area contributed by atoms with Crippen LogP contribution in [-0.4, -0.2) is 23.1 Å². The molecule has 1 aromatic carbocycles. The van der Waals surface area contributed by atoms with Crippen molar-refractivity contribution in [1.82, 2.24) is 0 Å². The summed E-state index contributed by atoms with van der Waals surface area (Å²) in [6.45, 7) is 4.46. The first-order valence-electron chi connectivity index (χ1n) is 13.1. The third kappa shape index (κ3) is 12.9. The first-order chi connectivity index (χ1) is 15.6. The fourth-order valence-electron chi connectivity index (χ4n) is 4.16. The molecule has 0 heterocycles. The van der Waals surface area contributed by atoms with Gasteiger partial charge in [0.25, 0.3) is 0 Å². The van der Waals surface area contributed by atoms with E-state index in [9.17, 15) is 14.7 Å². The SMILES string of the molecule is CCCCCCCCCCCC(CCCCCCCC)OC(=O)c1ccccc1C(=O)O. The van der Waals surface area contributed by atoms with E-state index in [0.29, 0.717) is 0 Å². The van der Waals surface area contributed by atoms with Crippen molar-refractivity contribution in [3.63, 3.8) is 0 Å². The molecule has 0 aromatic heterocycles. The van der Waals surface area contributed by atoms with E-state index in [2.05, 4.69) is 13.8 Å². The molecule has 0 fully saturated rings. The Kier molecular flexibility index (Phi) is 16.5. The topological polar surface area (TPSA) is 63.6 Å². The summed E-state index contributed by atoms with van der Waals surface area (Å²) >= 11 is 0. The molecule has 0 spiro atoms. The van der Waals surface area contributed by atoms with Gasteiger partial charge in [-0.15, -0.1) is 0 Å². The normalized spacial score (nSPS) is 11.9. The molecule has 4 nitrogen and oxygen atoms in total. The van der Waals surface area contributed by atoms with E-state index in [1.165, 1.54) is 83.1 Å². The average molecular weight is 447 g/mol. The molecular weight excluding hydrogens is 400 g/mol. The second-order valence-corrected chi connectivity index (χ2v) is 9.05. The minimum absolute atomic E-state index is 0.0129. The van der Waals surface area contributed by atoms with Crippen LogP contribution < -0.4 is 0 Å². The van der Waals surface area contributed by atoms with Crippen molar-refractivity contribution >= 4 is 11.9 Å². The van der Waals surface area contributed by atoms with Crippen LogP contribution in [0.2, 0.25) is 0 Å². The Morgan fingerprint density at radius 1 is 0.688 bits per heavy atom. The Morgan fingerprint density at radius 2 is 1.09 bits per heavy atom. The van der Waals surface area contributed by atoms with E-state index in [1.807, 2.05) is 0 Å². The van der Waals surface area contributed by atoms with Gasteiger partial charge in [-0.1, -0.05) is 109 Å². The molecule has 4 heteroatoms. The molecule has 0 amide bonds. The van der Waals surface area contributed by atoms with E-state index in [0.717, 1.165) is 32.1 Å². The number of benzene rings is 1. The fraction of sp³-hybridized carbons (Fsp3) is 0.714. The van der Waals surface area contributed by atoms with Crippen LogP contribution in [0.3, 0.4) is 0 Å². The second-order valence-electron chi connectivity index (χ2n) is 9.05. The highest BCUT2D eigenvalue weighted by atomic mass is 16.5. The minimum atomic E-state index is -1.09. The Bertz CT molecular complexity index is 626. The lowest BCUT2D eigenvalue weighted by Gasteiger charge is -2.19. The third-order valence-electron chi connectivity index (χ3n) is 6.16. The molecule has 32 heavy (non-hydrogen) atoms. The van der Waals surface area contributed by atoms with Crippen LogP contribution >= 0.6 is 0 Å². The monoisotopic (exact) mass is 446 g/mol. The fourth-order valence-corrected chi connectivity index (χ4v) is 4.16. The number of carboxylic acids is 1. The number of ether oxygens (including phenoxy) is 1. The Balaban J connectivity index is 2.48. The summed E-state index contributed by atoms with van der Waals surface area (Å²) in [7, 11) is 0. The van der Waals surface area contributed by atoms with E-state index in [-0.39, 0.29) is 17.2 Å². The lowest BCUT2D eigenvalue weighted by molar-refractivity contribution is 0.0244. The van der Waals surface area contributed by atoms with Crippen molar-refractivity contribution in [2.75, 3.05) is 0 Å². The predicted octanol–water partition coefficient (Wildman–Crippen LogP) is 8.58. The number of carbonyl (C=O) groups is 2. The number of hydrogen-bond acceptors (Lipinski definition) is 3. The van der Waals surface area contributed by atoms with Gasteiger partial charge in [0, 0.05) is 0 Å². The van der Waals surface area contributed by atoms with Crippen molar-refractivity contribution in [2.45, 2.75) is 129 Å². The standard InChI is InChI=1S/C28H46O4/c1-3-5-7-9-11-12-13-15-17-21-24(20-16-14-10-8-6-4-2)32-28(31)26-23-19-18-22-25(26)27(29)30/h18-19,22-24H,3-17,20-21H2,1-2H3,(H,29,30). The number of carbonyl (C=O) groups excluding carboxylic acids is 1. The number of unbranched alkanes of at least 4 members (excludes halogenated alkanes) is 13. The van der Waals surface area contributed by atoms with Crippen LogP contribution in [0.25, 0.3) is 0 Å². The number of esters is 1. The molecule has 182 valence electrons. The zero-order chi connectivity index (χ0) is 23.4. The highest BCUT2D eigenvalue weighted by molar-refractivity contribution is 6.02. The maximum atomic E-state index is 12.7. The number of hydrogen-bond donors (Lipinski definition) is 1. The van der Waals surface area contributed by atoms with Crippen molar-refractivity contribution in [2.24, 2.45) is 0 Å². The van der Waals surface area contributed by atoms with Crippen LogP contribution in [0.5, 0.6) is 0 Å². The smallest absolute Gasteiger partial charge is 0.339 e. The summed E-state index contributed by atoms with van der Waals surface area (Å²) in [5, 5.41) is 9.38. The predicted molar refractivity (Wildman–Crippen MR) is 132 cm³/mol. The molecule has 0 radical (unpaired) electrons. The Hall–Kier alpha value is -1.84. The van der Waals surface area contributed by atoms with Gasteiger partial charge in [0.05, 0.1) is 11.1 Å². The molecule has 1 aromatic rings. The lowest BCUT2D eigenvalue weighted by atomic mass is 10.0. The van der Waals surface area contributed by atoms with Crippen LogP contribution in [0.15, 0.2) is 24.3 Å². The van der Waals surface area contributed by atoms with Crippen LogP contribution in [0, 0.1) is 0 Å². The largest absolute Gasteiger partial charge is 0.478 e. The maximum Gasteiger partial charge on any atom is 0.339 e. The molecule has 1 unspecified atom stereocenters. The summed E-state index contributed by atoms with van der Waals surface area (Å²) in [6.07, 6.45) is 20.3. The highest BCUT2D eigenvalue weighted by Gasteiger charge is 2.20. The van der Waals surface area contributed by atoms with Gasteiger partial charge in [-0.25, -0.2) is 9.59 Å². The molecule has 0 aliphatic rings. The number of rotatable bonds is 20. The van der Waals surface area contributed by atoms with E-state index in [4.69, 9.17) is 4.74 Å². The van der Waals surface area contributed by atoms with Gasteiger partial charge < -0.3 is 9.84 Å². The van der Waals surface area contributed by atoms with E-state index in [1.54, 1.807) is 18.2 Å². The molecule has 1 rings (SSSR count). The zero-order valence-corrected chi connectivity index (χ0v) is 20.6. The van der Waals surface area contributed by atoms with Gasteiger partial charge in [0.15, 0.2) is 0 Å². The Morgan fingerprint density at radius 3 is 1.53 bits per heavy atom. The lowest BCUT2D eigenvalue weighted by Crippen LogP contribution is -2.20. The first-order valence-corrected chi connectivity index (χ1v) is 13.1. The van der Waals surface area contributed by atoms with Crippen molar-refractivity contribution < 1.29 is 19.4 Å². The summed E-state index contributed by atoms with van der Waals surface area (Å²) in [5.74, 6) is -1.60. The van der Waals surface area contributed by atoms with Crippen molar-refractivity contribution in [3.8, 4) is 0 Å². The van der Waals surface area contributed by atoms with Gasteiger partial charge in [-0.3, -0.25) is 0 Å². The second kappa shape index (κ2) is 18.7. The molecule has 1 N–H and O–H groups in total. The Labute approximate surface area is 196 Å². The van der Waals surface area contributed by atoms with Crippen molar-refractivity contribution in [1.29, 1.82) is 0 Å². The van der Waals surface area contributed by atoms with Crippen molar-refractivity contribution in [3.05, 3.63) is 35.4 Å². The molecule has 0 aliphatic carbocycles. The van der Waals surface area contributed by atoms with Gasteiger partial charge in [0.2, 0.25) is 0 Å². The molecule has 1 atom stereocenters. The number of carboxylic acid groups (broad SMARTS) is 1. The molecule has 0 bridgehead atoms. The molecule has 0 saturated carbocycles. The summed E-state index contributed by atoms with van der Waals surface area (Å²) < 4.78 is 5.82. The van der Waals surface area contributed by atoms with E-state index < -0.39 is 11.9 Å². The molecule has 0 aliphatic heterocycles. The van der Waals surface area contributed by atoms with Gasteiger partial charge in [-0.05, 0) is 37.8 Å². The minimum Gasteiger partial charge on any atom is -0.478 e. The maximum absolute atomic E-state index is 12.7. The van der Waals surface area contributed by atoms with Gasteiger partial charge in [-0.2, -0.15) is 0 Å². The molecular formula is C28H46O4. The van der Waals surface area contributed by atoms with Gasteiger partial charge in [0.1, 0.15) is 6.10 Å². The third-order valence-corrected chi connectivity index (χ3v) is 6.16. The van der Waals surface area contributed by atoms with Crippen LogP contribution in [-0.2, 0) is 4.74 Å². The van der Waals surface area contributed by atoms with Crippen LogP contribution in [0.4, 0.5) is 0 Å². The quantitative estimate of drug-likeness (QED) is 0.161. The zero-order valence-electron chi connectivity index (χ0n) is 20.6. The molecule has 0 saturated heterocycles. The van der Waals surface area contributed by atoms with Gasteiger partial charge >= 0.3 is 11.9 Å². The average Bonchev–Trinajstić information content (AvgIpc) is 2.79. The van der Waals surface area contributed by atoms with Crippen LogP contribution in [0.1, 0.15) is 144 Å².